The van der Waals surface area contributed by atoms with Crippen molar-refractivity contribution in [2.45, 2.75) is 49.4 Å². The maximum Gasteiger partial charge on any atom is 0.157 e. The van der Waals surface area contributed by atoms with E-state index < -0.39 is 0 Å². The summed E-state index contributed by atoms with van der Waals surface area (Å²) >= 11 is 2.01. The highest BCUT2D eigenvalue weighted by Crippen LogP contribution is 2.41. The van der Waals surface area contributed by atoms with Crippen LogP contribution in [0.25, 0.3) is 0 Å². The van der Waals surface area contributed by atoms with Crippen molar-refractivity contribution in [3.05, 3.63) is 0 Å². The van der Waals surface area contributed by atoms with Crippen LogP contribution in [0.1, 0.15) is 32.1 Å². The van der Waals surface area contributed by atoms with Crippen molar-refractivity contribution < 1.29 is 0 Å². The topological polar surface area (TPSA) is 27.6 Å². The SMILES string of the molecule is C1CN(C2CC2)CC1NC1=NCC(C2CC2)S1. The van der Waals surface area contributed by atoms with Gasteiger partial charge in [-0.15, -0.1) is 0 Å². The summed E-state index contributed by atoms with van der Waals surface area (Å²) in [5.74, 6) is 0.981. The zero-order chi connectivity index (χ0) is 11.2. The van der Waals surface area contributed by atoms with Gasteiger partial charge in [0.1, 0.15) is 0 Å². The number of rotatable bonds is 3. The van der Waals surface area contributed by atoms with Crippen LogP contribution in [0, 0.1) is 5.92 Å². The molecule has 94 valence electrons. The Balaban J connectivity index is 1.27. The van der Waals surface area contributed by atoms with Crippen LogP contribution in [0.15, 0.2) is 4.99 Å². The average Bonchev–Trinajstić information content (AvgIpc) is 3.27. The fourth-order valence-electron chi connectivity index (χ4n) is 3.03. The quantitative estimate of drug-likeness (QED) is 0.827. The molecule has 3 fully saturated rings. The van der Waals surface area contributed by atoms with Crippen LogP contribution in [0.3, 0.4) is 0 Å². The van der Waals surface area contributed by atoms with Crippen LogP contribution in [0.5, 0.6) is 0 Å². The Morgan fingerprint density at radius 1 is 1.18 bits per heavy atom. The van der Waals surface area contributed by atoms with E-state index in [4.69, 9.17) is 0 Å². The van der Waals surface area contributed by atoms with Crippen LogP contribution >= 0.6 is 11.8 Å². The lowest BCUT2D eigenvalue weighted by atomic mass is 10.3. The Morgan fingerprint density at radius 2 is 2.06 bits per heavy atom. The second kappa shape index (κ2) is 4.16. The standard InChI is InChI=1S/C13H21N3S/c1-2-9(1)12-7-14-13(17-12)15-10-5-6-16(8-10)11-3-4-11/h9-12H,1-8H2,(H,14,15). The summed E-state index contributed by atoms with van der Waals surface area (Å²) in [7, 11) is 0. The molecule has 0 radical (unpaired) electrons. The first-order valence-electron chi connectivity index (χ1n) is 7.10. The van der Waals surface area contributed by atoms with E-state index in [0.29, 0.717) is 6.04 Å². The molecule has 0 spiro atoms. The Morgan fingerprint density at radius 3 is 2.82 bits per heavy atom. The van der Waals surface area contributed by atoms with Gasteiger partial charge in [-0.1, -0.05) is 11.8 Å². The molecule has 17 heavy (non-hydrogen) atoms. The molecule has 0 aromatic heterocycles. The summed E-state index contributed by atoms with van der Waals surface area (Å²) in [6.45, 7) is 3.61. The highest BCUT2D eigenvalue weighted by Gasteiger charge is 2.37. The van der Waals surface area contributed by atoms with E-state index in [1.807, 2.05) is 11.8 Å². The van der Waals surface area contributed by atoms with E-state index in [1.54, 1.807) is 0 Å². The largest absolute Gasteiger partial charge is 0.361 e. The minimum absolute atomic E-state index is 0.666. The maximum absolute atomic E-state index is 4.68. The molecule has 0 aromatic rings. The Hall–Kier alpha value is -0.220. The van der Waals surface area contributed by atoms with Crippen molar-refractivity contribution in [2.24, 2.45) is 10.9 Å². The van der Waals surface area contributed by atoms with Crippen molar-refractivity contribution in [2.75, 3.05) is 19.6 Å². The second-order valence-corrected chi connectivity index (χ2v) is 7.22. The minimum atomic E-state index is 0.666. The van der Waals surface area contributed by atoms with Crippen molar-refractivity contribution in [3.8, 4) is 0 Å². The Kier molecular flexibility index (Phi) is 2.61. The zero-order valence-corrected chi connectivity index (χ0v) is 11.1. The molecule has 4 heteroatoms. The summed E-state index contributed by atoms with van der Waals surface area (Å²) in [6, 6.07) is 1.60. The molecule has 2 aliphatic heterocycles. The highest BCUT2D eigenvalue weighted by molar-refractivity contribution is 8.14. The fraction of sp³-hybridized carbons (Fsp3) is 0.923. The first kappa shape index (κ1) is 10.7. The lowest BCUT2D eigenvalue weighted by molar-refractivity contribution is 0.322. The molecular formula is C13H21N3S. The maximum atomic E-state index is 4.68. The fourth-order valence-corrected chi connectivity index (χ4v) is 4.32. The molecule has 2 saturated carbocycles. The smallest absolute Gasteiger partial charge is 0.157 e. The third kappa shape index (κ3) is 2.34. The van der Waals surface area contributed by atoms with Gasteiger partial charge < -0.3 is 5.32 Å². The molecule has 2 heterocycles. The van der Waals surface area contributed by atoms with Gasteiger partial charge in [-0.2, -0.15) is 0 Å². The van der Waals surface area contributed by atoms with Gasteiger partial charge in [-0.05, 0) is 38.0 Å². The first-order valence-corrected chi connectivity index (χ1v) is 7.98. The van der Waals surface area contributed by atoms with Crippen LogP contribution in [-0.4, -0.2) is 47.0 Å². The van der Waals surface area contributed by atoms with E-state index in [2.05, 4.69) is 15.2 Å². The average molecular weight is 251 g/mol. The van der Waals surface area contributed by atoms with Crippen LogP contribution in [0.4, 0.5) is 0 Å². The molecule has 0 bridgehead atoms. The third-order valence-corrected chi connectivity index (χ3v) is 5.74. The Labute approximate surface area is 107 Å². The monoisotopic (exact) mass is 251 g/mol. The number of likely N-dealkylation sites (tertiary alicyclic amines) is 1. The number of hydrogen-bond acceptors (Lipinski definition) is 4. The van der Waals surface area contributed by atoms with Gasteiger partial charge in [0.2, 0.25) is 0 Å². The van der Waals surface area contributed by atoms with E-state index in [9.17, 15) is 0 Å². The third-order valence-electron chi connectivity index (χ3n) is 4.44. The molecule has 4 aliphatic rings. The lowest BCUT2D eigenvalue weighted by Gasteiger charge is -2.16. The molecule has 0 amide bonds. The van der Waals surface area contributed by atoms with Crippen LogP contribution < -0.4 is 5.32 Å². The number of amidine groups is 1. The van der Waals surface area contributed by atoms with Gasteiger partial charge in [0.05, 0.1) is 6.54 Å². The van der Waals surface area contributed by atoms with Gasteiger partial charge in [0.25, 0.3) is 0 Å². The number of nitrogens with one attached hydrogen (secondary N) is 1. The van der Waals surface area contributed by atoms with Gasteiger partial charge in [-0.25, -0.2) is 0 Å². The second-order valence-electron chi connectivity index (χ2n) is 6.00. The zero-order valence-electron chi connectivity index (χ0n) is 10.3. The summed E-state index contributed by atoms with van der Waals surface area (Å²) in [5, 5.41) is 5.72. The van der Waals surface area contributed by atoms with Gasteiger partial charge >= 0.3 is 0 Å². The molecule has 2 unspecified atom stereocenters. The summed E-state index contributed by atoms with van der Waals surface area (Å²) in [5.41, 5.74) is 0. The van der Waals surface area contributed by atoms with E-state index in [1.165, 1.54) is 50.4 Å². The molecular weight excluding hydrogens is 230 g/mol. The Bertz CT molecular complexity index is 336. The molecule has 4 rings (SSSR count). The molecule has 0 aromatic carbocycles. The number of hydrogen-bond donors (Lipinski definition) is 1. The van der Waals surface area contributed by atoms with E-state index >= 15 is 0 Å². The van der Waals surface area contributed by atoms with Crippen molar-refractivity contribution in [1.82, 2.24) is 10.2 Å². The summed E-state index contributed by atoms with van der Waals surface area (Å²) in [6.07, 6.45) is 7.07. The number of thioether (sulfide) groups is 1. The van der Waals surface area contributed by atoms with Crippen molar-refractivity contribution >= 4 is 16.9 Å². The van der Waals surface area contributed by atoms with Crippen LogP contribution in [0.2, 0.25) is 0 Å². The van der Waals surface area contributed by atoms with Gasteiger partial charge in [-0.3, -0.25) is 9.89 Å². The number of aliphatic imine (C=N–C) groups is 1. The van der Waals surface area contributed by atoms with Gasteiger partial charge in [0, 0.05) is 30.4 Å². The predicted octanol–water partition coefficient (Wildman–Crippen LogP) is 1.69. The lowest BCUT2D eigenvalue weighted by Crippen LogP contribution is -2.35. The van der Waals surface area contributed by atoms with Crippen molar-refractivity contribution in [3.63, 3.8) is 0 Å². The summed E-state index contributed by atoms with van der Waals surface area (Å²) < 4.78 is 0. The predicted molar refractivity (Wildman–Crippen MR) is 72.5 cm³/mol. The molecule has 1 N–H and O–H groups in total. The molecule has 1 saturated heterocycles. The number of nitrogens with zero attached hydrogens (tertiary/aromatic N) is 2. The van der Waals surface area contributed by atoms with E-state index in [0.717, 1.165) is 23.8 Å². The molecule has 2 atom stereocenters. The van der Waals surface area contributed by atoms with Crippen LogP contribution in [-0.2, 0) is 0 Å². The van der Waals surface area contributed by atoms with Gasteiger partial charge in [0.15, 0.2) is 5.17 Å². The molecule has 2 aliphatic carbocycles. The minimum Gasteiger partial charge on any atom is -0.361 e. The van der Waals surface area contributed by atoms with E-state index in [-0.39, 0.29) is 0 Å². The highest BCUT2D eigenvalue weighted by atomic mass is 32.2. The summed E-state index contributed by atoms with van der Waals surface area (Å²) in [4.78, 5) is 7.34. The first-order chi connectivity index (χ1) is 8.38. The van der Waals surface area contributed by atoms with Crippen molar-refractivity contribution in [1.29, 1.82) is 0 Å². The molecule has 3 nitrogen and oxygen atoms in total. The normalized spacial score (nSPS) is 38.5.